The van der Waals surface area contributed by atoms with Crippen molar-refractivity contribution in [3.05, 3.63) is 36.1 Å². The van der Waals surface area contributed by atoms with Crippen molar-refractivity contribution >= 4 is 0 Å². The van der Waals surface area contributed by atoms with Gasteiger partial charge in [0.15, 0.2) is 0 Å². The first-order valence-electron chi connectivity index (χ1n) is 5.82. The van der Waals surface area contributed by atoms with E-state index < -0.39 is 0 Å². The van der Waals surface area contributed by atoms with Gasteiger partial charge in [-0.15, -0.1) is 0 Å². The van der Waals surface area contributed by atoms with Gasteiger partial charge in [0.1, 0.15) is 6.17 Å². The molecule has 3 nitrogen and oxygen atoms in total. The van der Waals surface area contributed by atoms with Gasteiger partial charge < -0.3 is 9.64 Å². The van der Waals surface area contributed by atoms with Crippen molar-refractivity contribution in [2.45, 2.75) is 13.1 Å². The van der Waals surface area contributed by atoms with Crippen LogP contribution >= 0.6 is 0 Å². The van der Waals surface area contributed by atoms with Crippen molar-refractivity contribution in [1.29, 1.82) is 0 Å². The summed E-state index contributed by atoms with van der Waals surface area (Å²) in [5, 5.41) is 0. The van der Waals surface area contributed by atoms with Crippen molar-refractivity contribution < 1.29 is 4.74 Å². The van der Waals surface area contributed by atoms with Crippen LogP contribution in [0.3, 0.4) is 0 Å². The Balaban J connectivity index is 2.15. The molecule has 2 heterocycles. The number of hydrogen-bond acceptors (Lipinski definition) is 3. The molecule has 1 fully saturated rings. The Labute approximate surface area is 97.7 Å². The zero-order valence-electron chi connectivity index (χ0n) is 10.1. The van der Waals surface area contributed by atoms with Crippen LogP contribution in [0.1, 0.15) is 6.92 Å². The molecule has 0 aromatic heterocycles. The third-order valence-corrected chi connectivity index (χ3v) is 3.27. The van der Waals surface area contributed by atoms with Crippen LogP contribution in [-0.4, -0.2) is 49.3 Å². The minimum Gasteiger partial charge on any atom is -0.379 e. The van der Waals surface area contributed by atoms with Crippen molar-refractivity contribution in [3.8, 4) is 0 Å². The molecule has 0 spiro atoms. The predicted octanol–water partition coefficient (Wildman–Crippen LogP) is 1.61. The quantitative estimate of drug-likeness (QED) is 0.667. The van der Waals surface area contributed by atoms with Crippen LogP contribution in [0, 0.1) is 0 Å². The highest BCUT2D eigenvalue weighted by Gasteiger charge is 2.26. The van der Waals surface area contributed by atoms with Gasteiger partial charge in [-0.05, 0) is 18.6 Å². The Kier molecular flexibility index (Phi) is 3.46. The molecule has 0 N–H and O–H groups in total. The lowest BCUT2D eigenvalue weighted by Crippen LogP contribution is -2.51. The number of nitrogens with zero attached hydrogens (tertiary/aromatic N) is 2. The van der Waals surface area contributed by atoms with Crippen LogP contribution < -0.4 is 0 Å². The van der Waals surface area contributed by atoms with Gasteiger partial charge in [0.25, 0.3) is 0 Å². The van der Waals surface area contributed by atoms with E-state index >= 15 is 0 Å². The molecule has 0 radical (unpaired) electrons. The molecule has 88 valence electrons. The summed E-state index contributed by atoms with van der Waals surface area (Å²) in [6.45, 7) is 9.80. The fraction of sp³-hybridized carbons (Fsp3) is 0.538. The lowest BCUT2D eigenvalue weighted by Gasteiger charge is -2.42. The maximum atomic E-state index is 5.38. The van der Waals surface area contributed by atoms with Gasteiger partial charge in [-0.2, -0.15) is 0 Å². The van der Waals surface area contributed by atoms with E-state index in [1.807, 2.05) is 0 Å². The van der Waals surface area contributed by atoms with E-state index in [-0.39, 0.29) is 0 Å². The highest BCUT2D eigenvalue weighted by molar-refractivity contribution is 5.40. The number of rotatable bonds is 1. The summed E-state index contributed by atoms with van der Waals surface area (Å²) in [6.07, 6.45) is 6.82. The summed E-state index contributed by atoms with van der Waals surface area (Å²) in [6, 6.07) is 0. The number of morpholine rings is 1. The number of allylic oxidation sites excluding steroid dienone is 2. The number of hydrogen-bond donors (Lipinski definition) is 0. The molecule has 1 saturated heterocycles. The normalized spacial score (nSPS) is 30.1. The first-order chi connectivity index (χ1) is 7.74. The van der Waals surface area contributed by atoms with Gasteiger partial charge in [-0.25, -0.2) is 0 Å². The molecule has 0 aromatic carbocycles. The molecule has 0 aromatic rings. The molecule has 2 aliphatic heterocycles. The van der Waals surface area contributed by atoms with Crippen molar-refractivity contribution in [3.63, 3.8) is 0 Å². The van der Waals surface area contributed by atoms with Crippen LogP contribution in [0.4, 0.5) is 0 Å². The van der Waals surface area contributed by atoms with E-state index in [9.17, 15) is 0 Å². The second-order valence-corrected chi connectivity index (χ2v) is 4.23. The first kappa shape index (κ1) is 11.4. The molecule has 1 unspecified atom stereocenters. The number of ether oxygens (including phenoxy) is 1. The average molecular weight is 220 g/mol. The largest absolute Gasteiger partial charge is 0.379 e. The Hall–Kier alpha value is -1.06. The fourth-order valence-corrected chi connectivity index (χ4v) is 2.38. The molecule has 0 bridgehead atoms. The summed E-state index contributed by atoms with van der Waals surface area (Å²) in [4.78, 5) is 4.73. The Morgan fingerprint density at radius 1 is 1.44 bits per heavy atom. The van der Waals surface area contributed by atoms with Gasteiger partial charge in [0, 0.05) is 25.8 Å². The maximum Gasteiger partial charge on any atom is 0.101 e. The zero-order chi connectivity index (χ0) is 11.5. The first-order valence-corrected chi connectivity index (χ1v) is 5.82. The summed E-state index contributed by atoms with van der Waals surface area (Å²) in [5.74, 6) is 0. The van der Waals surface area contributed by atoms with Crippen LogP contribution in [0.25, 0.3) is 0 Å². The van der Waals surface area contributed by atoms with Gasteiger partial charge in [0.2, 0.25) is 0 Å². The van der Waals surface area contributed by atoms with Crippen molar-refractivity contribution in [2.75, 3.05) is 33.4 Å². The molecule has 2 rings (SSSR count). The Morgan fingerprint density at radius 2 is 2.12 bits per heavy atom. The molecular weight excluding hydrogens is 200 g/mol. The lowest BCUT2D eigenvalue weighted by atomic mass is 10.1. The standard InChI is InChI=1S/C13H20N2O/c1-4-12-11(2)5-6-13(14(12)3)15-7-9-16-10-8-15/h4-6,13H,2,7-10H2,1,3H3/b12-4+. The van der Waals surface area contributed by atoms with E-state index in [1.54, 1.807) is 0 Å². The minimum absolute atomic E-state index is 0.348. The highest BCUT2D eigenvalue weighted by atomic mass is 16.5. The molecule has 3 heteroatoms. The van der Waals surface area contributed by atoms with E-state index in [2.05, 4.69) is 48.6 Å². The smallest absolute Gasteiger partial charge is 0.101 e. The number of likely N-dealkylation sites (N-methyl/N-ethyl adjacent to an activating group) is 1. The van der Waals surface area contributed by atoms with Gasteiger partial charge >= 0.3 is 0 Å². The Morgan fingerprint density at radius 3 is 2.75 bits per heavy atom. The minimum atomic E-state index is 0.348. The van der Waals surface area contributed by atoms with Crippen LogP contribution in [0.5, 0.6) is 0 Å². The molecule has 16 heavy (non-hydrogen) atoms. The van der Waals surface area contributed by atoms with E-state index in [0.717, 1.165) is 31.9 Å². The molecule has 0 amide bonds. The summed E-state index contributed by atoms with van der Waals surface area (Å²) < 4.78 is 5.38. The SMILES string of the molecule is C=C1C=CC(N2CCOCC2)N(C)/C1=C/C. The van der Waals surface area contributed by atoms with Crippen LogP contribution in [0.2, 0.25) is 0 Å². The molecule has 2 aliphatic rings. The lowest BCUT2D eigenvalue weighted by molar-refractivity contribution is -0.00221. The van der Waals surface area contributed by atoms with Gasteiger partial charge in [-0.3, -0.25) is 4.90 Å². The fourth-order valence-electron chi connectivity index (χ4n) is 2.38. The monoisotopic (exact) mass is 220 g/mol. The van der Waals surface area contributed by atoms with Crippen LogP contribution in [0.15, 0.2) is 36.1 Å². The predicted molar refractivity (Wildman–Crippen MR) is 66.0 cm³/mol. The van der Waals surface area contributed by atoms with Crippen molar-refractivity contribution in [1.82, 2.24) is 9.80 Å². The summed E-state index contributed by atoms with van der Waals surface area (Å²) >= 11 is 0. The summed E-state index contributed by atoms with van der Waals surface area (Å²) in [5.41, 5.74) is 2.31. The second-order valence-electron chi connectivity index (χ2n) is 4.23. The molecular formula is C13H20N2O. The maximum absolute atomic E-state index is 5.38. The molecule has 0 saturated carbocycles. The van der Waals surface area contributed by atoms with Gasteiger partial charge in [-0.1, -0.05) is 18.7 Å². The van der Waals surface area contributed by atoms with Crippen LogP contribution in [-0.2, 0) is 4.74 Å². The van der Waals surface area contributed by atoms with E-state index in [1.165, 1.54) is 5.70 Å². The zero-order valence-corrected chi connectivity index (χ0v) is 10.1. The Bertz CT molecular complexity index is 327. The molecule has 1 atom stereocenters. The third kappa shape index (κ3) is 2.06. The van der Waals surface area contributed by atoms with E-state index in [4.69, 9.17) is 4.74 Å². The summed E-state index contributed by atoms with van der Waals surface area (Å²) in [7, 11) is 2.13. The van der Waals surface area contributed by atoms with E-state index in [0.29, 0.717) is 6.17 Å². The third-order valence-electron chi connectivity index (χ3n) is 3.27. The van der Waals surface area contributed by atoms with Gasteiger partial charge in [0.05, 0.1) is 13.2 Å². The average Bonchev–Trinajstić information content (AvgIpc) is 2.31. The topological polar surface area (TPSA) is 15.7 Å². The van der Waals surface area contributed by atoms with Crippen molar-refractivity contribution in [2.24, 2.45) is 0 Å². The second kappa shape index (κ2) is 4.85. The molecule has 0 aliphatic carbocycles. The highest BCUT2D eigenvalue weighted by Crippen LogP contribution is 2.24.